The molecule has 0 spiro atoms. The van der Waals surface area contributed by atoms with Crippen molar-refractivity contribution in [3.05, 3.63) is 29.8 Å². The molecular formula is C10H12F2N2O2. The average Bonchev–Trinajstić information content (AvgIpc) is 2.29. The van der Waals surface area contributed by atoms with Crippen LogP contribution in [0.5, 0.6) is 5.75 Å². The number of benzene rings is 1. The molecule has 1 rings (SSSR count). The van der Waals surface area contributed by atoms with Crippen LogP contribution in [-0.4, -0.2) is 12.0 Å². The Morgan fingerprint density at radius 2 is 2.19 bits per heavy atom. The molecule has 1 amide bonds. The lowest BCUT2D eigenvalue weighted by Gasteiger charge is -2.15. The van der Waals surface area contributed by atoms with Gasteiger partial charge in [-0.1, -0.05) is 6.92 Å². The van der Waals surface area contributed by atoms with E-state index in [-0.39, 0.29) is 5.75 Å². The van der Waals surface area contributed by atoms with Crippen molar-refractivity contribution in [1.82, 2.24) is 5.43 Å². The van der Waals surface area contributed by atoms with Gasteiger partial charge in [0.1, 0.15) is 5.75 Å². The number of nitrogens with two attached hydrogens (primary N) is 1. The van der Waals surface area contributed by atoms with Gasteiger partial charge in [0, 0.05) is 6.07 Å². The van der Waals surface area contributed by atoms with E-state index in [1.807, 2.05) is 5.43 Å². The molecule has 0 aromatic heterocycles. The summed E-state index contributed by atoms with van der Waals surface area (Å²) in [6.07, 6.45) is -0.461. The number of ether oxygens (including phenoxy) is 1. The number of hydrazine groups is 1. The van der Waals surface area contributed by atoms with Gasteiger partial charge in [-0.15, -0.1) is 0 Å². The van der Waals surface area contributed by atoms with Crippen molar-refractivity contribution in [2.45, 2.75) is 19.4 Å². The first-order valence-corrected chi connectivity index (χ1v) is 4.70. The molecule has 4 nitrogen and oxygen atoms in total. The molecule has 1 atom stereocenters. The quantitative estimate of drug-likeness (QED) is 0.462. The molecule has 0 radical (unpaired) electrons. The Hall–Kier alpha value is -1.69. The molecular weight excluding hydrogens is 218 g/mol. The summed E-state index contributed by atoms with van der Waals surface area (Å²) in [6.45, 7) is 1.71. The highest BCUT2D eigenvalue weighted by molar-refractivity contribution is 5.80. The zero-order valence-electron chi connectivity index (χ0n) is 8.67. The minimum atomic E-state index is -1.03. The second-order valence-electron chi connectivity index (χ2n) is 3.10. The molecule has 3 N–H and O–H groups in total. The average molecular weight is 230 g/mol. The van der Waals surface area contributed by atoms with E-state index in [1.165, 1.54) is 6.07 Å². The number of halogens is 2. The molecule has 0 heterocycles. The van der Waals surface area contributed by atoms with E-state index < -0.39 is 23.6 Å². The van der Waals surface area contributed by atoms with E-state index in [1.54, 1.807) is 6.92 Å². The monoisotopic (exact) mass is 230 g/mol. The van der Waals surface area contributed by atoms with E-state index in [4.69, 9.17) is 10.6 Å². The number of carbonyl (C=O) groups is 1. The van der Waals surface area contributed by atoms with E-state index in [2.05, 4.69) is 0 Å². The van der Waals surface area contributed by atoms with Gasteiger partial charge in [-0.3, -0.25) is 10.2 Å². The van der Waals surface area contributed by atoms with E-state index in [0.717, 1.165) is 12.1 Å². The Labute approximate surface area is 91.4 Å². The maximum absolute atomic E-state index is 12.8. The summed E-state index contributed by atoms with van der Waals surface area (Å²) < 4.78 is 30.6. The summed E-state index contributed by atoms with van der Waals surface area (Å²) in [5.41, 5.74) is 1.93. The van der Waals surface area contributed by atoms with Gasteiger partial charge in [0.25, 0.3) is 5.91 Å². The van der Waals surface area contributed by atoms with Crippen LogP contribution in [0.3, 0.4) is 0 Å². The van der Waals surface area contributed by atoms with Crippen LogP contribution in [0, 0.1) is 11.6 Å². The number of nitrogens with one attached hydrogen (secondary N) is 1. The first-order chi connectivity index (χ1) is 7.58. The second-order valence-corrected chi connectivity index (χ2v) is 3.10. The fraction of sp³-hybridized carbons (Fsp3) is 0.300. The van der Waals surface area contributed by atoms with Gasteiger partial charge in [0.2, 0.25) is 0 Å². The van der Waals surface area contributed by atoms with Crippen molar-refractivity contribution in [2.24, 2.45) is 5.84 Å². The lowest BCUT2D eigenvalue weighted by atomic mass is 10.2. The molecule has 0 aliphatic heterocycles. The summed E-state index contributed by atoms with van der Waals surface area (Å²) in [7, 11) is 0. The smallest absolute Gasteiger partial charge is 0.274 e. The first-order valence-electron chi connectivity index (χ1n) is 4.70. The van der Waals surface area contributed by atoms with Crippen LogP contribution in [0.25, 0.3) is 0 Å². The van der Waals surface area contributed by atoms with Gasteiger partial charge in [-0.05, 0) is 18.6 Å². The molecule has 0 saturated carbocycles. The van der Waals surface area contributed by atoms with Crippen LogP contribution >= 0.6 is 0 Å². The van der Waals surface area contributed by atoms with Crippen LogP contribution in [0.4, 0.5) is 8.78 Å². The van der Waals surface area contributed by atoms with Gasteiger partial charge in [0.15, 0.2) is 17.7 Å². The van der Waals surface area contributed by atoms with E-state index in [9.17, 15) is 13.6 Å². The number of rotatable bonds is 4. The normalized spacial score (nSPS) is 12.0. The van der Waals surface area contributed by atoms with Crippen LogP contribution in [0.1, 0.15) is 13.3 Å². The molecule has 0 fully saturated rings. The number of amides is 1. The van der Waals surface area contributed by atoms with Crippen LogP contribution in [-0.2, 0) is 4.79 Å². The van der Waals surface area contributed by atoms with Crippen LogP contribution in [0.15, 0.2) is 18.2 Å². The van der Waals surface area contributed by atoms with Gasteiger partial charge in [-0.25, -0.2) is 14.6 Å². The summed E-state index contributed by atoms with van der Waals surface area (Å²) in [6, 6.07) is 3.05. The third-order valence-electron chi connectivity index (χ3n) is 1.97. The fourth-order valence-corrected chi connectivity index (χ4v) is 1.13. The largest absolute Gasteiger partial charge is 0.480 e. The zero-order valence-corrected chi connectivity index (χ0v) is 8.67. The third kappa shape index (κ3) is 2.90. The zero-order chi connectivity index (χ0) is 12.1. The van der Waals surface area contributed by atoms with Gasteiger partial charge >= 0.3 is 0 Å². The Morgan fingerprint density at radius 1 is 1.50 bits per heavy atom. The number of hydrogen-bond acceptors (Lipinski definition) is 3. The van der Waals surface area contributed by atoms with Crippen LogP contribution in [0.2, 0.25) is 0 Å². The SMILES string of the molecule is CCC(Oc1ccc(F)c(F)c1)C(=O)NN. The summed E-state index contributed by atoms with van der Waals surface area (Å²) in [5.74, 6) is 2.50. The number of carbonyl (C=O) groups excluding carboxylic acids is 1. The highest BCUT2D eigenvalue weighted by atomic mass is 19.2. The van der Waals surface area contributed by atoms with Crippen molar-refractivity contribution in [2.75, 3.05) is 0 Å². The molecule has 1 aromatic carbocycles. The van der Waals surface area contributed by atoms with E-state index >= 15 is 0 Å². The first kappa shape index (κ1) is 12.4. The molecule has 1 aromatic rings. The molecule has 1 unspecified atom stereocenters. The summed E-state index contributed by atoms with van der Waals surface area (Å²) in [5, 5.41) is 0. The molecule has 6 heteroatoms. The van der Waals surface area contributed by atoms with E-state index in [0.29, 0.717) is 6.42 Å². The van der Waals surface area contributed by atoms with Crippen molar-refractivity contribution < 1.29 is 18.3 Å². The van der Waals surface area contributed by atoms with Crippen molar-refractivity contribution in [1.29, 1.82) is 0 Å². The van der Waals surface area contributed by atoms with Gasteiger partial charge < -0.3 is 4.74 Å². The van der Waals surface area contributed by atoms with Gasteiger partial charge in [0.05, 0.1) is 0 Å². The number of hydrogen-bond donors (Lipinski definition) is 2. The minimum Gasteiger partial charge on any atom is -0.480 e. The third-order valence-corrected chi connectivity index (χ3v) is 1.97. The Balaban J connectivity index is 2.78. The topological polar surface area (TPSA) is 64.3 Å². The van der Waals surface area contributed by atoms with Crippen LogP contribution < -0.4 is 16.0 Å². The lowest BCUT2D eigenvalue weighted by molar-refractivity contribution is -0.128. The minimum absolute atomic E-state index is 0.0781. The fourth-order valence-electron chi connectivity index (χ4n) is 1.13. The molecule has 0 saturated heterocycles. The van der Waals surface area contributed by atoms with Crippen molar-refractivity contribution in [3.63, 3.8) is 0 Å². The Bertz CT molecular complexity index is 385. The molecule has 0 aliphatic rings. The Kier molecular flexibility index (Phi) is 4.19. The van der Waals surface area contributed by atoms with Gasteiger partial charge in [-0.2, -0.15) is 0 Å². The van der Waals surface area contributed by atoms with Crippen molar-refractivity contribution >= 4 is 5.91 Å². The molecule has 0 bridgehead atoms. The summed E-state index contributed by atoms with van der Waals surface area (Å²) in [4.78, 5) is 11.2. The predicted molar refractivity (Wildman–Crippen MR) is 53.4 cm³/mol. The molecule has 0 aliphatic carbocycles. The lowest BCUT2D eigenvalue weighted by Crippen LogP contribution is -2.41. The predicted octanol–water partition coefficient (Wildman–Crippen LogP) is 1.11. The second kappa shape index (κ2) is 5.41. The standard InChI is InChI=1S/C10H12F2N2O2/c1-2-9(10(15)14-13)16-6-3-4-7(11)8(12)5-6/h3-5,9H,2,13H2,1H3,(H,14,15). The Morgan fingerprint density at radius 3 is 2.69 bits per heavy atom. The maximum Gasteiger partial charge on any atom is 0.274 e. The summed E-state index contributed by atoms with van der Waals surface area (Å²) >= 11 is 0. The van der Waals surface area contributed by atoms with Crippen molar-refractivity contribution in [3.8, 4) is 5.75 Å². The highest BCUT2D eigenvalue weighted by Gasteiger charge is 2.17. The molecule has 16 heavy (non-hydrogen) atoms. The molecule has 88 valence electrons. The maximum atomic E-state index is 12.8. The highest BCUT2D eigenvalue weighted by Crippen LogP contribution is 2.17.